The monoisotopic (exact) mass is 378 g/mol. The zero-order chi connectivity index (χ0) is 16.9. The second kappa shape index (κ2) is 9.39. The molecular formula is C15H27ClN4O3S. The summed E-state index contributed by atoms with van der Waals surface area (Å²) in [4.78, 5) is 11.9. The van der Waals surface area contributed by atoms with Crippen LogP contribution in [0.2, 0.25) is 0 Å². The Balaban J connectivity index is 0.00000288. The molecule has 1 aromatic heterocycles. The summed E-state index contributed by atoms with van der Waals surface area (Å²) in [7, 11) is -3.12. The van der Waals surface area contributed by atoms with Crippen LogP contribution in [0.5, 0.6) is 0 Å². The van der Waals surface area contributed by atoms with E-state index in [2.05, 4.69) is 15.5 Å². The number of aromatic amines is 1. The molecule has 1 atom stereocenters. The highest BCUT2D eigenvalue weighted by Crippen LogP contribution is 2.26. The number of nitrogens with zero attached hydrogens (tertiary/aromatic N) is 1. The Bertz CT molecular complexity index is 626. The Morgan fingerprint density at radius 3 is 2.71 bits per heavy atom. The van der Waals surface area contributed by atoms with Crippen LogP contribution in [0.25, 0.3) is 0 Å². The van der Waals surface area contributed by atoms with E-state index in [9.17, 15) is 13.2 Å². The van der Waals surface area contributed by atoms with Gasteiger partial charge < -0.3 is 11.1 Å². The van der Waals surface area contributed by atoms with Crippen molar-refractivity contribution in [1.29, 1.82) is 0 Å². The smallest absolute Gasteiger partial charge is 0.242 e. The van der Waals surface area contributed by atoms with E-state index >= 15 is 0 Å². The molecule has 0 spiro atoms. The first-order valence-corrected chi connectivity index (χ1v) is 10.2. The van der Waals surface area contributed by atoms with Crippen LogP contribution in [0, 0.1) is 5.92 Å². The first-order chi connectivity index (χ1) is 10.8. The lowest BCUT2D eigenvalue weighted by molar-refractivity contribution is -0.117. The molecule has 1 fully saturated rings. The quantitative estimate of drug-likeness (QED) is 0.666. The molecule has 0 radical (unpaired) electrons. The summed E-state index contributed by atoms with van der Waals surface area (Å²) in [5.74, 6) is 0.611. The zero-order valence-electron chi connectivity index (χ0n) is 14.0. The number of nitrogens with two attached hydrogens (primary N) is 1. The molecule has 1 aliphatic rings. The number of carbonyl (C=O) groups is 1. The second-order valence-corrected chi connectivity index (χ2v) is 8.76. The SMILES string of the molecule is CS(=O)(=O)CCC(N)C(=O)Nc1cc(CC2CCCCC2)[nH]n1.Cl. The predicted octanol–water partition coefficient (Wildman–Crippen LogP) is 1.65. The predicted molar refractivity (Wildman–Crippen MR) is 97.0 cm³/mol. The number of carbonyl (C=O) groups excluding carboxylic acids is 1. The van der Waals surface area contributed by atoms with Crippen LogP contribution in [-0.4, -0.2) is 42.6 Å². The van der Waals surface area contributed by atoms with Gasteiger partial charge in [0.25, 0.3) is 0 Å². The number of amides is 1. The van der Waals surface area contributed by atoms with Crippen molar-refractivity contribution < 1.29 is 13.2 Å². The fraction of sp³-hybridized carbons (Fsp3) is 0.733. The molecule has 0 aromatic carbocycles. The Labute approximate surface area is 149 Å². The third-order valence-electron chi connectivity index (χ3n) is 4.25. The van der Waals surface area contributed by atoms with Crippen LogP contribution in [0.1, 0.15) is 44.2 Å². The maximum absolute atomic E-state index is 11.9. The fourth-order valence-corrected chi connectivity index (χ4v) is 3.61. The number of H-pyrrole nitrogens is 1. The zero-order valence-corrected chi connectivity index (χ0v) is 15.6. The van der Waals surface area contributed by atoms with Gasteiger partial charge in [0.2, 0.25) is 5.91 Å². The Morgan fingerprint density at radius 2 is 2.08 bits per heavy atom. The molecular weight excluding hydrogens is 352 g/mol. The number of rotatable bonds is 7. The molecule has 0 bridgehead atoms. The van der Waals surface area contributed by atoms with Crippen molar-refractivity contribution in [2.45, 2.75) is 51.0 Å². The largest absolute Gasteiger partial charge is 0.320 e. The normalized spacial score (nSPS) is 17.1. The van der Waals surface area contributed by atoms with Gasteiger partial charge in [-0.15, -0.1) is 12.4 Å². The summed E-state index contributed by atoms with van der Waals surface area (Å²) in [5, 5.41) is 9.67. The molecule has 1 amide bonds. The van der Waals surface area contributed by atoms with Gasteiger partial charge in [0.05, 0.1) is 11.8 Å². The van der Waals surface area contributed by atoms with Crippen LogP contribution in [-0.2, 0) is 21.1 Å². The van der Waals surface area contributed by atoms with E-state index in [-0.39, 0.29) is 24.6 Å². The third-order valence-corrected chi connectivity index (χ3v) is 5.23. The van der Waals surface area contributed by atoms with Crippen LogP contribution in [0.3, 0.4) is 0 Å². The molecule has 1 heterocycles. The Kier molecular flexibility index (Phi) is 8.18. The Morgan fingerprint density at radius 1 is 1.42 bits per heavy atom. The molecule has 9 heteroatoms. The first kappa shape index (κ1) is 20.9. The average Bonchev–Trinajstić information content (AvgIpc) is 2.92. The second-order valence-electron chi connectivity index (χ2n) is 6.50. The van der Waals surface area contributed by atoms with Crippen molar-refractivity contribution in [2.75, 3.05) is 17.3 Å². The minimum atomic E-state index is -3.12. The lowest BCUT2D eigenvalue weighted by Crippen LogP contribution is -2.37. The van der Waals surface area contributed by atoms with E-state index < -0.39 is 21.8 Å². The van der Waals surface area contributed by atoms with Crippen molar-refractivity contribution >= 4 is 34.0 Å². The highest BCUT2D eigenvalue weighted by molar-refractivity contribution is 7.90. The van der Waals surface area contributed by atoms with E-state index in [1.54, 1.807) is 0 Å². The van der Waals surface area contributed by atoms with E-state index in [0.29, 0.717) is 11.7 Å². The van der Waals surface area contributed by atoms with Gasteiger partial charge in [0.1, 0.15) is 9.84 Å². The van der Waals surface area contributed by atoms with Gasteiger partial charge in [-0.25, -0.2) is 8.42 Å². The minimum absolute atomic E-state index is 0. The molecule has 1 aliphatic carbocycles. The van der Waals surface area contributed by atoms with E-state index in [1.807, 2.05) is 6.07 Å². The standard InChI is InChI=1S/C15H26N4O3S.ClH/c1-23(21,22)8-7-13(16)15(20)17-14-10-12(18-19-14)9-11-5-3-2-4-6-11;/h10-11,13H,2-9,16H2,1H3,(H2,17,18,19,20);1H. The summed E-state index contributed by atoms with van der Waals surface area (Å²) in [5.41, 5.74) is 6.73. The van der Waals surface area contributed by atoms with Gasteiger partial charge >= 0.3 is 0 Å². The summed E-state index contributed by atoms with van der Waals surface area (Å²) in [6, 6.07) is 0.971. The Hall–Kier alpha value is -1.12. The molecule has 4 N–H and O–H groups in total. The van der Waals surface area contributed by atoms with Crippen LogP contribution in [0.4, 0.5) is 5.82 Å². The van der Waals surface area contributed by atoms with Crippen molar-refractivity contribution in [3.8, 4) is 0 Å². The number of aromatic nitrogens is 2. The van der Waals surface area contributed by atoms with E-state index in [4.69, 9.17) is 5.73 Å². The van der Waals surface area contributed by atoms with Crippen LogP contribution >= 0.6 is 12.4 Å². The van der Waals surface area contributed by atoms with Crippen LogP contribution in [0.15, 0.2) is 6.07 Å². The van der Waals surface area contributed by atoms with Crippen LogP contribution < -0.4 is 11.1 Å². The molecule has 24 heavy (non-hydrogen) atoms. The third kappa shape index (κ3) is 7.19. The van der Waals surface area contributed by atoms with Gasteiger partial charge in [0, 0.05) is 18.0 Å². The van der Waals surface area contributed by atoms with Crippen molar-refractivity contribution in [3.05, 3.63) is 11.8 Å². The molecule has 0 saturated heterocycles. The fourth-order valence-electron chi connectivity index (χ4n) is 2.92. The van der Waals surface area contributed by atoms with E-state index in [0.717, 1.165) is 18.4 Å². The van der Waals surface area contributed by atoms with Crippen molar-refractivity contribution in [3.63, 3.8) is 0 Å². The highest BCUT2D eigenvalue weighted by Gasteiger charge is 2.18. The average molecular weight is 379 g/mol. The summed E-state index contributed by atoms with van der Waals surface area (Å²) < 4.78 is 22.2. The lowest BCUT2D eigenvalue weighted by Gasteiger charge is -2.20. The van der Waals surface area contributed by atoms with Gasteiger partial charge in [0.15, 0.2) is 5.82 Å². The van der Waals surface area contributed by atoms with Gasteiger partial charge in [-0.1, -0.05) is 32.1 Å². The topological polar surface area (TPSA) is 118 Å². The van der Waals surface area contributed by atoms with Crippen molar-refractivity contribution in [2.24, 2.45) is 11.7 Å². The molecule has 138 valence electrons. The highest BCUT2D eigenvalue weighted by atomic mass is 35.5. The maximum Gasteiger partial charge on any atom is 0.242 e. The molecule has 7 nitrogen and oxygen atoms in total. The summed E-state index contributed by atoms with van der Waals surface area (Å²) in [6.45, 7) is 0. The minimum Gasteiger partial charge on any atom is -0.320 e. The summed E-state index contributed by atoms with van der Waals surface area (Å²) >= 11 is 0. The van der Waals surface area contributed by atoms with Gasteiger partial charge in [-0.05, 0) is 18.8 Å². The number of halogens is 1. The summed E-state index contributed by atoms with van der Waals surface area (Å²) in [6.07, 6.45) is 8.57. The molecule has 1 saturated carbocycles. The molecule has 2 rings (SSSR count). The molecule has 1 unspecified atom stereocenters. The number of sulfone groups is 1. The van der Waals surface area contributed by atoms with E-state index in [1.165, 1.54) is 32.1 Å². The van der Waals surface area contributed by atoms with Gasteiger partial charge in [-0.3, -0.25) is 9.89 Å². The number of nitrogens with one attached hydrogen (secondary N) is 2. The number of hydrogen-bond donors (Lipinski definition) is 3. The molecule has 1 aromatic rings. The van der Waals surface area contributed by atoms with Crippen molar-refractivity contribution in [1.82, 2.24) is 10.2 Å². The number of hydrogen-bond acceptors (Lipinski definition) is 5. The lowest BCUT2D eigenvalue weighted by atomic mass is 9.86. The number of anilines is 1. The first-order valence-electron chi connectivity index (χ1n) is 8.12. The molecule has 0 aliphatic heterocycles. The van der Waals surface area contributed by atoms with Gasteiger partial charge in [-0.2, -0.15) is 5.10 Å². The maximum atomic E-state index is 11.9.